The number of benzene rings is 4. The first-order valence-corrected chi connectivity index (χ1v) is 16.9. The maximum Gasteiger partial charge on any atom is 0.264 e. The minimum atomic E-state index is -4.26. The van der Waals surface area contributed by atoms with Gasteiger partial charge in [0.2, 0.25) is 11.8 Å². The lowest BCUT2D eigenvalue weighted by Gasteiger charge is -2.34. The largest absolute Gasteiger partial charge is 0.497 e. The number of carbonyl (C=O) groups excluding carboxylic acids is 2. The predicted octanol–water partition coefficient (Wildman–Crippen LogP) is 6.47. The number of halogens is 2. The van der Waals surface area contributed by atoms with E-state index in [0.29, 0.717) is 10.8 Å². The number of sulfonamides is 1. The molecule has 0 aliphatic rings. The maximum absolute atomic E-state index is 14.5. The van der Waals surface area contributed by atoms with Gasteiger partial charge in [-0.25, -0.2) is 8.42 Å². The van der Waals surface area contributed by atoms with Crippen molar-refractivity contribution in [3.63, 3.8) is 0 Å². The van der Waals surface area contributed by atoms with E-state index >= 15 is 0 Å². The zero-order valence-corrected chi connectivity index (χ0v) is 28.3. The van der Waals surface area contributed by atoms with Crippen molar-refractivity contribution in [2.45, 2.75) is 43.8 Å². The number of ether oxygens (including phenoxy) is 1. The molecule has 0 spiro atoms. The van der Waals surface area contributed by atoms with Crippen molar-refractivity contribution in [3.8, 4) is 5.75 Å². The number of methoxy groups -OCH3 is 1. The van der Waals surface area contributed by atoms with E-state index < -0.39 is 28.5 Å². The molecule has 0 saturated carbocycles. The number of hydrogen-bond acceptors (Lipinski definition) is 5. The van der Waals surface area contributed by atoms with E-state index in [2.05, 4.69) is 21.2 Å². The van der Waals surface area contributed by atoms with Crippen LogP contribution in [-0.2, 0) is 32.6 Å². The third-order valence-corrected chi connectivity index (χ3v) is 9.54. The van der Waals surface area contributed by atoms with E-state index in [1.807, 2.05) is 68.4 Å². The van der Waals surface area contributed by atoms with Crippen molar-refractivity contribution < 1.29 is 22.7 Å². The lowest BCUT2D eigenvalue weighted by molar-refractivity contribution is -0.140. The Morgan fingerprint density at radius 2 is 1.56 bits per heavy atom. The van der Waals surface area contributed by atoms with Crippen LogP contribution in [0.4, 0.5) is 5.69 Å². The highest BCUT2D eigenvalue weighted by molar-refractivity contribution is 9.10. The van der Waals surface area contributed by atoms with Crippen LogP contribution in [0.1, 0.15) is 25.0 Å². The first-order chi connectivity index (χ1) is 21.5. The highest BCUT2D eigenvalue weighted by Crippen LogP contribution is 2.28. The van der Waals surface area contributed by atoms with Crippen LogP contribution in [0.3, 0.4) is 0 Å². The number of hydrogen-bond donors (Lipinski definition) is 1. The number of carbonyl (C=O) groups is 2. The Labute approximate surface area is 278 Å². The van der Waals surface area contributed by atoms with Gasteiger partial charge in [-0.2, -0.15) is 0 Å². The van der Waals surface area contributed by atoms with Gasteiger partial charge in [0.05, 0.1) is 17.7 Å². The zero-order valence-electron chi connectivity index (χ0n) is 25.2. The molecule has 1 atom stereocenters. The molecular formula is C34H35BrClN3O5S. The SMILES string of the molecule is COc1ccc(S(=O)(=O)N(CC(=O)N(Cc2ccc(Br)cc2)C(Cc2ccccc2)C(=O)NC(C)C)c2cccc(Cl)c2)cc1. The zero-order chi connectivity index (χ0) is 32.6. The molecule has 1 N–H and O–H groups in total. The Kier molecular flexibility index (Phi) is 11.7. The van der Waals surface area contributed by atoms with Crippen LogP contribution in [0.5, 0.6) is 5.75 Å². The third-order valence-electron chi connectivity index (χ3n) is 6.99. The molecule has 0 radical (unpaired) electrons. The number of amides is 2. The highest BCUT2D eigenvalue weighted by Gasteiger charge is 2.35. The second-order valence-electron chi connectivity index (χ2n) is 10.7. The molecule has 4 aromatic rings. The fourth-order valence-electron chi connectivity index (χ4n) is 4.76. The lowest BCUT2D eigenvalue weighted by atomic mass is 10.0. The molecule has 0 aliphatic heterocycles. The van der Waals surface area contributed by atoms with Crippen LogP contribution >= 0.6 is 27.5 Å². The Balaban J connectivity index is 1.80. The summed E-state index contributed by atoms with van der Waals surface area (Å²) in [6.45, 7) is 3.19. The monoisotopic (exact) mass is 711 g/mol. The van der Waals surface area contributed by atoms with Crippen molar-refractivity contribution in [2.75, 3.05) is 18.0 Å². The third kappa shape index (κ3) is 9.09. The molecule has 0 aromatic heterocycles. The molecule has 1 unspecified atom stereocenters. The number of rotatable bonds is 13. The summed E-state index contributed by atoms with van der Waals surface area (Å²) >= 11 is 9.73. The van der Waals surface area contributed by atoms with E-state index in [9.17, 15) is 18.0 Å². The van der Waals surface area contributed by atoms with Crippen LogP contribution in [0.15, 0.2) is 112 Å². The van der Waals surface area contributed by atoms with E-state index in [1.165, 1.54) is 42.3 Å². The Morgan fingerprint density at radius 1 is 0.889 bits per heavy atom. The van der Waals surface area contributed by atoms with Gasteiger partial charge in [-0.15, -0.1) is 0 Å². The van der Waals surface area contributed by atoms with E-state index in [4.69, 9.17) is 16.3 Å². The standard InChI is InChI=1S/C34H35BrClN3O5S/c1-24(2)37-34(41)32(20-25-8-5-4-6-9-25)38(22-26-12-14-27(35)15-13-26)33(40)23-39(29-11-7-10-28(36)21-29)45(42,43)31-18-16-30(44-3)17-19-31/h4-19,21,24,32H,20,22-23H2,1-3H3,(H,37,41). The van der Waals surface area contributed by atoms with E-state index in [-0.39, 0.29) is 35.5 Å². The van der Waals surface area contributed by atoms with Crippen LogP contribution in [0.25, 0.3) is 0 Å². The normalized spacial score (nSPS) is 12.0. The van der Waals surface area contributed by atoms with Gasteiger partial charge in [-0.05, 0) is 79.6 Å². The minimum Gasteiger partial charge on any atom is -0.497 e. The van der Waals surface area contributed by atoms with Gasteiger partial charge in [0.15, 0.2) is 0 Å². The van der Waals surface area contributed by atoms with Crippen molar-refractivity contribution >= 4 is 55.1 Å². The molecule has 0 aliphatic carbocycles. The summed E-state index contributed by atoms with van der Waals surface area (Å²) in [5.41, 5.74) is 1.84. The second kappa shape index (κ2) is 15.4. The molecule has 11 heteroatoms. The van der Waals surface area contributed by atoms with Crippen molar-refractivity contribution in [1.29, 1.82) is 0 Å². The summed E-state index contributed by atoms with van der Waals surface area (Å²) in [5.74, 6) is -0.415. The van der Waals surface area contributed by atoms with Crippen molar-refractivity contribution in [2.24, 2.45) is 0 Å². The number of nitrogens with one attached hydrogen (secondary N) is 1. The highest BCUT2D eigenvalue weighted by atomic mass is 79.9. The summed E-state index contributed by atoms with van der Waals surface area (Å²) in [4.78, 5) is 29.6. The van der Waals surface area contributed by atoms with Gasteiger partial charge in [-0.3, -0.25) is 13.9 Å². The summed E-state index contributed by atoms with van der Waals surface area (Å²) in [6.07, 6.45) is 0.226. The average molecular weight is 713 g/mol. The first-order valence-electron chi connectivity index (χ1n) is 14.3. The van der Waals surface area contributed by atoms with E-state index in [0.717, 1.165) is 19.9 Å². The fourth-order valence-corrected chi connectivity index (χ4v) is 6.61. The van der Waals surface area contributed by atoms with Gasteiger partial charge in [0.1, 0.15) is 18.3 Å². The second-order valence-corrected chi connectivity index (χ2v) is 13.9. The lowest BCUT2D eigenvalue weighted by Crippen LogP contribution is -2.54. The Hall–Kier alpha value is -3.86. The summed E-state index contributed by atoms with van der Waals surface area (Å²) in [7, 11) is -2.77. The average Bonchev–Trinajstić information content (AvgIpc) is 3.02. The Bertz CT molecular complexity index is 1700. The number of anilines is 1. The van der Waals surface area contributed by atoms with Crippen LogP contribution in [0.2, 0.25) is 5.02 Å². The molecule has 0 bridgehead atoms. The quantitative estimate of drug-likeness (QED) is 0.172. The van der Waals surface area contributed by atoms with Crippen LogP contribution in [-0.4, -0.2) is 50.9 Å². The van der Waals surface area contributed by atoms with E-state index in [1.54, 1.807) is 18.2 Å². The van der Waals surface area contributed by atoms with Gasteiger partial charge < -0.3 is 15.0 Å². The summed E-state index contributed by atoms with van der Waals surface area (Å²) in [5, 5.41) is 3.26. The van der Waals surface area contributed by atoms with Gasteiger partial charge >= 0.3 is 0 Å². The molecule has 4 aromatic carbocycles. The topological polar surface area (TPSA) is 96.0 Å². The minimum absolute atomic E-state index is 0.0334. The van der Waals surface area contributed by atoms with Crippen LogP contribution < -0.4 is 14.4 Å². The predicted molar refractivity (Wildman–Crippen MR) is 181 cm³/mol. The first kappa shape index (κ1) is 34.0. The molecule has 0 heterocycles. The van der Waals surface area contributed by atoms with Crippen LogP contribution in [0, 0.1) is 0 Å². The van der Waals surface area contributed by atoms with Crippen molar-refractivity contribution in [1.82, 2.24) is 10.2 Å². The molecular weight excluding hydrogens is 678 g/mol. The van der Waals surface area contributed by atoms with Gasteiger partial charge in [0.25, 0.3) is 10.0 Å². The summed E-state index contributed by atoms with van der Waals surface area (Å²) < 4.78 is 35.3. The van der Waals surface area contributed by atoms with Gasteiger partial charge in [0, 0.05) is 28.5 Å². The molecule has 2 amide bonds. The molecule has 0 fully saturated rings. The smallest absolute Gasteiger partial charge is 0.264 e. The molecule has 236 valence electrons. The molecule has 0 saturated heterocycles. The van der Waals surface area contributed by atoms with Crippen molar-refractivity contribution in [3.05, 3.63) is 124 Å². The maximum atomic E-state index is 14.5. The number of nitrogens with zero attached hydrogens (tertiary/aromatic N) is 2. The van der Waals surface area contributed by atoms with Gasteiger partial charge in [-0.1, -0.05) is 76.1 Å². The Morgan fingerprint density at radius 3 is 2.16 bits per heavy atom. The summed E-state index contributed by atoms with van der Waals surface area (Å²) in [6, 6.07) is 27.9. The molecule has 4 rings (SSSR count). The fraction of sp³-hybridized carbons (Fsp3) is 0.235. The molecule has 45 heavy (non-hydrogen) atoms. The molecule has 8 nitrogen and oxygen atoms in total.